The van der Waals surface area contributed by atoms with Crippen LogP contribution in [-0.4, -0.2) is 80.6 Å². The molecular formula is C46H74NO7+. The molecule has 0 amide bonds. The van der Waals surface area contributed by atoms with Crippen molar-refractivity contribution in [3.63, 3.8) is 0 Å². The fourth-order valence-electron chi connectivity index (χ4n) is 5.29. The Morgan fingerprint density at radius 3 is 1.44 bits per heavy atom. The lowest BCUT2D eigenvalue weighted by Gasteiger charge is -2.31. The molecule has 0 fully saturated rings. The van der Waals surface area contributed by atoms with E-state index in [0.29, 0.717) is 19.3 Å². The van der Waals surface area contributed by atoms with E-state index in [9.17, 15) is 19.5 Å². The number of carbonyl (C=O) groups excluding carboxylic acids is 2. The molecule has 0 saturated carbocycles. The standard InChI is InChI=1S/C46H73NO7/c1-6-8-10-12-14-16-18-20-22-24-26-28-30-32-34-36-44(48)53-41-42(40-52-39-38-43(46(50)51)47(3,4)5)54-45(49)37-35-33-31-29-27-25-23-21-19-17-15-13-11-9-7-2/h8-23,42-43H,6-7,24-41H2,1-5H3/p+1/b10-8+,11-9+,14-12+,15-13+,18-16+,19-17+,22-20+,23-21+. The highest BCUT2D eigenvalue weighted by Gasteiger charge is 2.31. The van der Waals surface area contributed by atoms with Crippen molar-refractivity contribution in [2.24, 2.45) is 0 Å². The van der Waals surface area contributed by atoms with Crippen molar-refractivity contribution in [2.75, 3.05) is 41.0 Å². The summed E-state index contributed by atoms with van der Waals surface area (Å²) in [6, 6.07) is -0.628. The SMILES string of the molecule is CC/C=C/C=C/C=C/C=C/CCCCCCCC(=O)OCC(COCCC(C(=O)O)[N+](C)(C)C)OC(=O)CCCCCCC/C=C/C=C/C=C/C=C/CC. The highest BCUT2D eigenvalue weighted by molar-refractivity contribution is 5.72. The number of hydrogen-bond acceptors (Lipinski definition) is 6. The van der Waals surface area contributed by atoms with Gasteiger partial charge in [-0.1, -0.05) is 150 Å². The third-order valence-electron chi connectivity index (χ3n) is 8.42. The molecule has 0 aliphatic carbocycles. The molecule has 54 heavy (non-hydrogen) atoms. The van der Waals surface area contributed by atoms with E-state index in [0.717, 1.165) is 89.9 Å². The first-order chi connectivity index (χ1) is 26.1. The van der Waals surface area contributed by atoms with Gasteiger partial charge in [-0.3, -0.25) is 9.59 Å². The van der Waals surface area contributed by atoms with E-state index in [2.05, 4.69) is 50.3 Å². The third-order valence-corrected chi connectivity index (χ3v) is 8.42. The minimum atomic E-state index is -0.889. The molecule has 304 valence electrons. The van der Waals surface area contributed by atoms with Gasteiger partial charge in [0.25, 0.3) is 0 Å². The van der Waals surface area contributed by atoms with Crippen LogP contribution in [0.15, 0.2) is 97.2 Å². The quantitative estimate of drug-likeness (QED) is 0.0302. The summed E-state index contributed by atoms with van der Waals surface area (Å²) in [5, 5.41) is 9.60. The maximum atomic E-state index is 12.7. The van der Waals surface area contributed by atoms with Crippen LogP contribution in [0.5, 0.6) is 0 Å². The van der Waals surface area contributed by atoms with E-state index >= 15 is 0 Å². The van der Waals surface area contributed by atoms with Gasteiger partial charge in [0.2, 0.25) is 0 Å². The maximum absolute atomic E-state index is 12.7. The number of hydrogen-bond donors (Lipinski definition) is 1. The molecule has 0 aliphatic heterocycles. The number of rotatable bonds is 34. The predicted octanol–water partition coefficient (Wildman–Crippen LogP) is 10.7. The fourth-order valence-corrected chi connectivity index (χ4v) is 5.29. The molecule has 0 aromatic rings. The van der Waals surface area contributed by atoms with Gasteiger partial charge in [-0.05, 0) is 51.4 Å². The number of esters is 2. The van der Waals surface area contributed by atoms with E-state index in [1.807, 2.05) is 81.9 Å². The number of carboxylic acids is 1. The molecule has 0 bridgehead atoms. The number of unbranched alkanes of at least 4 members (excludes halogenated alkanes) is 10. The van der Waals surface area contributed by atoms with E-state index in [1.54, 1.807) is 0 Å². The Morgan fingerprint density at radius 1 is 0.556 bits per heavy atom. The van der Waals surface area contributed by atoms with Crippen LogP contribution < -0.4 is 0 Å². The fraction of sp³-hybridized carbons (Fsp3) is 0.587. The molecule has 0 aliphatic rings. The van der Waals surface area contributed by atoms with E-state index in [1.165, 1.54) is 0 Å². The topological polar surface area (TPSA) is 99.1 Å². The molecule has 8 heteroatoms. The smallest absolute Gasteiger partial charge is 0.362 e. The molecule has 0 aromatic carbocycles. The second-order valence-corrected chi connectivity index (χ2v) is 14.3. The van der Waals surface area contributed by atoms with Crippen LogP contribution in [0.4, 0.5) is 0 Å². The molecule has 1 N–H and O–H groups in total. The lowest BCUT2D eigenvalue weighted by molar-refractivity contribution is -0.887. The highest BCUT2D eigenvalue weighted by atomic mass is 16.6. The Morgan fingerprint density at radius 2 is 0.981 bits per heavy atom. The first-order valence-electron chi connectivity index (χ1n) is 20.4. The predicted molar refractivity (Wildman–Crippen MR) is 224 cm³/mol. The molecule has 0 radical (unpaired) electrons. The minimum Gasteiger partial charge on any atom is -0.477 e. The average molecular weight is 753 g/mol. The number of likely N-dealkylation sites (N-methyl/N-ethyl adjacent to an activating group) is 1. The van der Waals surface area contributed by atoms with E-state index in [4.69, 9.17) is 14.2 Å². The van der Waals surface area contributed by atoms with Crippen LogP contribution in [0.3, 0.4) is 0 Å². The third kappa shape index (κ3) is 34.0. The van der Waals surface area contributed by atoms with Crippen LogP contribution in [0.25, 0.3) is 0 Å². The summed E-state index contributed by atoms with van der Waals surface area (Å²) in [5.74, 6) is -1.55. The summed E-state index contributed by atoms with van der Waals surface area (Å²) < 4.78 is 17.2. The number of aliphatic carboxylic acids is 1. The summed E-state index contributed by atoms with van der Waals surface area (Å²) in [7, 11) is 5.49. The van der Waals surface area contributed by atoms with Crippen LogP contribution in [0.1, 0.15) is 123 Å². The largest absolute Gasteiger partial charge is 0.477 e. The van der Waals surface area contributed by atoms with Crippen LogP contribution in [0.2, 0.25) is 0 Å². The second-order valence-electron chi connectivity index (χ2n) is 14.3. The summed E-state index contributed by atoms with van der Waals surface area (Å²) in [4.78, 5) is 36.9. The summed E-state index contributed by atoms with van der Waals surface area (Å²) >= 11 is 0. The summed E-state index contributed by atoms with van der Waals surface area (Å²) in [5.41, 5.74) is 0. The minimum absolute atomic E-state index is 0.0364. The Kier molecular flexibility index (Phi) is 33.7. The van der Waals surface area contributed by atoms with Gasteiger partial charge in [0.1, 0.15) is 6.61 Å². The number of nitrogens with zero attached hydrogens (tertiary/aromatic N) is 1. The van der Waals surface area contributed by atoms with Gasteiger partial charge in [0.15, 0.2) is 12.1 Å². The highest BCUT2D eigenvalue weighted by Crippen LogP contribution is 2.12. The van der Waals surface area contributed by atoms with Gasteiger partial charge in [-0.15, -0.1) is 0 Å². The Labute approximate surface area is 328 Å². The Bertz CT molecular complexity index is 1200. The van der Waals surface area contributed by atoms with Crippen LogP contribution in [0, 0.1) is 0 Å². The molecule has 0 spiro atoms. The van der Waals surface area contributed by atoms with Crippen molar-refractivity contribution in [1.82, 2.24) is 0 Å². The number of quaternary nitrogens is 1. The monoisotopic (exact) mass is 753 g/mol. The first kappa shape index (κ1) is 50.2. The van der Waals surface area contributed by atoms with Crippen molar-refractivity contribution in [3.05, 3.63) is 97.2 Å². The summed E-state index contributed by atoms with van der Waals surface area (Å²) in [6.45, 7) is 4.37. The molecule has 2 atom stereocenters. The van der Waals surface area contributed by atoms with Gasteiger partial charge in [0, 0.05) is 19.3 Å². The molecule has 0 aromatic heterocycles. The van der Waals surface area contributed by atoms with Gasteiger partial charge in [-0.2, -0.15) is 0 Å². The Balaban J connectivity index is 4.50. The zero-order valence-corrected chi connectivity index (χ0v) is 34.4. The number of allylic oxidation sites excluding steroid dienone is 16. The first-order valence-corrected chi connectivity index (χ1v) is 20.4. The maximum Gasteiger partial charge on any atom is 0.362 e. The van der Waals surface area contributed by atoms with E-state index in [-0.39, 0.29) is 36.2 Å². The molecule has 0 saturated heterocycles. The molecule has 0 heterocycles. The van der Waals surface area contributed by atoms with Crippen LogP contribution in [-0.2, 0) is 28.6 Å². The number of carboxylic acid groups (broad SMARTS) is 1. The lowest BCUT2D eigenvalue weighted by atomic mass is 10.1. The van der Waals surface area contributed by atoms with Crippen molar-refractivity contribution < 1.29 is 38.2 Å². The normalized spacial score (nSPS) is 14.0. The number of ether oxygens (including phenoxy) is 3. The van der Waals surface area contributed by atoms with Gasteiger partial charge >= 0.3 is 17.9 Å². The van der Waals surface area contributed by atoms with Crippen molar-refractivity contribution >= 4 is 17.9 Å². The Hall–Kier alpha value is -3.75. The molecular weight excluding hydrogens is 679 g/mol. The van der Waals surface area contributed by atoms with E-state index < -0.39 is 18.1 Å². The van der Waals surface area contributed by atoms with Crippen molar-refractivity contribution in [2.45, 2.75) is 135 Å². The molecule has 8 nitrogen and oxygen atoms in total. The second kappa shape index (κ2) is 36.2. The van der Waals surface area contributed by atoms with Crippen LogP contribution >= 0.6 is 0 Å². The average Bonchev–Trinajstić information content (AvgIpc) is 3.12. The summed E-state index contributed by atoms with van der Waals surface area (Å²) in [6.07, 6.45) is 47.3. The lowest BCUT2D eigenvalue weighted by Crippen LogP contribution is -2.50. The van der Waals surface area contributed by atoms with Gasteiger partial charge < -0.3 is 23.8 Å². The zero-order chi connectivity index (χ0) is 40.0. The zero-order valence-electron chi connectivity index (χ0n) is 34.4. The van der Waals surface area contributed by atoms with Gasteiger partial charge in [-0.25, -0.2) is 4.79 Å². The molecule has 0 rings (SSSR count). The van der Waals surface area contributed by atoms with Crippen molar-refractivity contribution in [1.29, 1.82) is 0 Å². The van der Waals surface area contributed by atoms with Gasteiger partial charge in [0.05, 0.1) is 34.4 Å². The number of carbonyl (C=O) groups is 3. The molecule has 2 unspecified atom stereocenters. The van der Waals surface area contributed by atoms with Crippen molar-refractivity contribution in [3.8, 4) is 0 Å².